The molecule has 2 fully saturated rings. The van der Waals surface area contributed by atoms with Crippen molar-refractivity contribution in [1.82, 2.24) is 15.3 Å². The smallest absolute Gasteiger partial charge is 0.132 e. The third kappa shape index (κ3) is 1.96. The van der Waals surface area contributed by atoms with Crippen molar-refractivity contribution in [2.75, 3.05) is 13.1 Å². The van der Waals surface area contributed by atoms with E-state index >= 15 is 0 Å². The Kier molecular flexibility index (Phi) is 2.87. The predicted octanol–water partition coefficient (Wildman–Crippen LogP) is 2.21. The minimum atomic E-state index is 0.543. The van der Waals surface area contributed by atoms with Crippen LogP contribution in [-0.2, 0) is 0 Å². The van der Waals surface area contributed by atoms with Gasteiger partial charge in [-0.1, -0.05) is 12.8 Å². The Morgan fingerprint density at radius 3 is 2.75 bits per heavy atom. The van der Waals surface area contributed by atoms with Gasteiger partial charge in [0.25, 0.3) is 0 Å². The van der Waals surface area contributed by atoms with Crippen molar-refractivity contribution >= 4 is 0 Å². The summed E-state index contributed by atoms with van der Waals surface area (Å²) >= 11 is 0. The highest BCUT2D eigenvalue weighted by atomic mass is 15.0. The number of nitrogens with zero attached hydrogens (tertiary/aromatic N) is 2. The molecule has 1 aromatic rings. The molecule has 3 nitrogen and oxygen atoms in total. The molecule has 1 aromatic heterocycles. The average Bonchev–Trinajstić information content (AvgIpc) is 3.03. The Bertz CT molecular complexity index is 321. The summed E-state index contributed by atoms with van der Waals surface area (Å²) in [6, 6.07) is 2.11. The zero-order valence-corrected chi connectivity index (χ0v) is 9.65. The quantitative estimate of drug-likeness (QED) is 0.825. The monoisotopic (exact) mass is 217 g/mol. The molecule has 0 amide bonds. The fraction of sp³-hybridized carbons (Fsp3) is 0.692. The van der Waals surface area contributed by atoms with E-state index < -0.39 is 0 Å². The number of rotatable bonds is 2. The van der Waals surface area contributed by atoms with Crippen LogP contribution >= 0.6 is 0 Å². The summed E-state index contributed by atoms with van der Waals surface area (Å²) in [4.78, 5) is 9.23. The normalized spacial score (nSPS) is 26.4. The molecule has 1 aliphatic heterocycles. The van der Waals surface area contributed by atoms with E-state index in [4.69, 9.17) is 4.98 Å². The van der Waals surface area contributed by atoms with Crippen LogP contribution in [0.25, 0.3) is 0 Å². The summed E-state index contributed by atoms with van der Waals surface area (Å²) in [5.41, 5.74) is 1.29. The van der Waals surface area contributed by atoms with Gasteiger partial charge >= 0.3 is 0 Å². The number of nitrogens with one attached hydrogen (secondary N) is 1. The van der Waals surface area contributed by atoms with Gasteiger partial charge in [0.15, 0.2) is 0 Å². The summed E-state index contributed by atoms with van der Waals surface area (Å²) in [5, 5.41) is 3.38. The molecule has 1 atom stereocenters. The van der Waals surface area contributed by atoms with Crippen LogP contribution in [0.1, 0.15) is 55.5 Å². The van der Waals surface area contributed by atoms with Crippen LogP contribution in [0.4, 0.5) is 0 Å². The van der Waals surface area contributed by atoms with Crippen molar-refractivity contribution in [1.29, 1.82) is 0 Å². The Morgan fingerprint density at radius 2 is 2.00 bits per heavy atom. The highest BCUT2D eigenvalue weighted by Gasteiger charge is 2.22. The molecule has 16 heavy (non-hydrogen) atoms. The fourth-order valence-electron chi connectivity index (χ4n) is 2.91. The highest BCUT2D eigenvalue weighted by Crippen LogP contribution is 2.33. The molecule has 86 valence electrons. The van der Waals surface area contributed by atoms with Crippen molar-refractivity contribution in [3.63, 3.8) is 0 Å². The van der Waals surface area contributed by atoms with Crippen molar-refractivity contribution < 1.29 is 0 Å². The largest absolute Gasteiger partial charge is 0.316 e. The molecule has 0 bridgehead atoms. The topological polar surface area (TPSA) is 37.8 Å². The van der Waals surface area contributed by atoms with Crippen LogP contribution in [0.3, 0.4) is 0 Å². The summed E-state index contributed by atoms with van der Waals surface area (Å²) < 4.78 is 0. The second-order valence-electron chi connectivity index (χ2n) is 5.01. The van der Waals surface area contributed by atoms with Gasteiger partial charge in [-0.25, -0.2) is 9.97 Å². The van der Waals surface area contributed by atoms with Crippen LogP contribution in [0.15, 0.2) is 12.3 Å². The van der Waals surface area contributed by atoms with E-state index in [-0.39, 0.29) is 0 Å². The molecule has 3 heteroatoms. The Labute approximate surface area is 96.7 Å². The van der Waals surface area contributed by atoms with E-state index in [0.29, 0.717) is 11.8 Å². The van der Waals surface area contributed by atoms with Gasteiger partial charge in [-0.3, -0.25) is 0 Å². The van der Waals surface area contributed by atoms with Crippen LogP contribution in [0.5, 0.6) is 0 Å². The third-order valence-corrected chi connectivity index (χ3v) is 3.89. The predicted molar refractivity (Wildman–Crippen MR) is 63.5 cm³/mol. The molecule has 3 rings (SSSR count). The summed E-state index contributed by atoms with van der Waals surface area (Å²) in [6.07, 6.45) is 8.52. The molecule has 2 heterocycles. The van der Waals surface area contributed by atoms with E-state index in [1.165, 1.54) is 37.8 Å². The Hall–Kier alpha value is -0.960. The van der Waals surface area contributed by atoms with Crippen LogP contribution in [0.2, 0.25) is 0 Å². The molecule has 1 N–H and O–H groups in total. The zero-order chi connectivity index (χ0) is 10.8. The molecule has 0 spiro atoms. The van der Waals surface area contributed by atoms with E-state index in [1.807, 2.05) is 6.20 Å². The molecular formula is C13H19N3. The van der Waals surface area contributed by atoms with E-state index in [1.54, 1.807) is 0 Å². The standard InChI is InChI=1S/C13H19N3/c1-2-4-10(3-1)12-6-8-15-13(16-12)11-5-7-14-9-11/h6,8,10-11,14H,1-5,7,9H2. The molecule has 0 aromatic carbocycles. The van der Waals surface area contributed by atoms with Gasteiger partial charge < -0.3 is 5.32 Å². The first-order valence-corrected chi connectivity index (χ1v) is 6.47. The van der Waals surface area contributed by atoms with Crippen molar-refractivity contribution in [2.45, 2.75) is 43.9 Å². The maximum Gasteiger partial charge on any atom is 0.132 e. The van der Waals surface area contributed by atoms with E-state index in [2.05, 4.69) is 16.4 Å². The Balaban J connectivity index is 1.81. The second kappa shape index (κ2) is 4.50. The van der Waals surface area contributed by atoms with Crippen LogP contribution < -0.4 is 5.32 Å². The molecule has 1 saturated heterocycles. The second-order valence-corrected chi connectivity index (χ2v) is 5.01. The molecule has 0 radical (unpaired) electrons. The Morgan fingerprint density at radius 1 is 1.12 bits per heavy atom. The lowest BCUT2D eigenvalue weighted by Crippen LogP contribution is -2.11. The average molecular weight is 217 g/mol. The number of hydrogen-bond acceptors (Lipinski definition) is 3. The van der Waals surface area contributed by atoms with Gasteiger partial charge in [-0.05, 0) is 31.9 Å². The van der Waals surface area contributed by atoms with Crippen molar-refractivity contribution in [2.24, 2.45) is 0 Å². The molecule has 1 unspecified atom stereocenters. The fourth-order valence-corrected chi connectivity index (χ4v) is 2.91. The van der Waals surface area contributed by atoms with Gasteiger partial charge in [-0.2, -0.15) is 0 Å². The molecular weight excluding hydrogens is 198 g/mol. The maximum absolute atomic E-state index is 4.79. The third-order valence-electron chi connectivity index (χ3n) is 3.89. The van der Waals surface area contributed by atoms with Crippen molar-refractivity contribution in [3.8, 4) is 0 Å². The van der Waals surface area contributed by atoms with E-state index in [0.717, 1.165) is 18.9 Å². The summed E-state index contributed by atoms with van der Waals surface area (Å²) in [5.74, 6) is 2.31. The van der Waals surface area contributed by atoms with Gasteiger partial charge in [0.2, 0.25) is 0 Å². The lowest BCUT2D eigenvalue weighted by Gasteiger charge is -2.12. The molecule has 2 aliphatic rings. The number of aromatic nitrogens is 2. The van der Waals surface area contributed by atoms with E-state index in [9.17, 15) is 0 Å². The van der Waals surface area contributed by atoms with Crippen molar-refractivity contribution in [3.05, 3.63) is 23.8 Å². The zero-order valence-electron chi connectivity index (χ0n) is 9.65. The first-order chi connectivity index (χ1) is 7.93. The lowest BCUT2D eigenvalue weighted by atomic mass is 10.0. The SMILES string of the molecule is c1cc(C2CCCC2)nc(C2CCNC2)n1. The first-order valence-electron chi connectivity index (χ1n) is 6.47. The minimum absolute atomic E-state index is 0.543. The minimum Gasteiger partial charge on any atom is -0.316 e. The van der Waals surface area contributed by atoms with Gasteiger partial charge in [-0.15, -0.1) is 0 Å². The number of hydrogen-bond donors (Lipinski definition) is 1. The van der Waals surface area contributed by atoms with Gasteiger partial charge in [0, 0.05) is 30.3 Å². The molecule has 1 aliphatic carbocycles. The lowest BCUT2D eigenvalue weighted by molar-refractivity contribution is 0.650. The summed E-state index contributed by atoms with van der Waals surface area (Å²) in [7, 11) is 0. The van der Waals surface area contributed by atoms with Gasteiger partial charge in [0.05, 0.1) is 0 Å². The van der Waals surface area contributed by atoms with Crippen LogP contribution in [0, 0.1) is 0 Å². The summed E-state index contributed by atoms with van der Waals surface area (Å²) in [6.45, 7) is 2.16. The first kappa shape index (κ1) is 10.2. The molecule has 1 saturated carbocycles. The highest BCUT2D eigenvalue weighted by molar-refractivity contribution is 5.12. The van der Waals surface area contributed by atoms with Crippen LogP contribution in [-0.4, -0.2) is 23.1 Å². The maximum atomic E-state index is 4.79. The van der Waals surface area contributed by atoms with Gasteiger partial charge in [0.1, 0.15) is 5.82 Å².